The Labute approximate surface area is 208 Å². The van der Waals surface area contributed by atoms with Gasteiger partial charge in [-0.15, -0.1) is 0 Å². The number of fused-ring (bicyclic) bond motifs is 2. The number of nitrogens with zero attached hydrogens (tertiary/aromatic N) is 5. The monoisotopic (exact) mass is 541 g/mol. The molecule has 8 nitrogen and oxygen atoms in total. The minimum Gasteiger partial charge on any atom is -0.390 e. The summed E-state index contributed by atoms with van der Waals surface area (Å²) in [4.78, 5) is 27.9. The van der Waals surface area contributed by atoms with Crippen molar-refractivity contribution in [2.75, 3.05) is 11.4 Å². The van der Waals surface area contributed by atoms with Gasteiger partial charge in [-0.05, 0) is 53.5 Å². The van der Waals surface area contributed by atoms with E-state index in [1.54, 1.807) is 4.90 Å². The van der Waals surface area contributed by atoms with Crippen molar-refractivity contribution in [1.29, 1.82) is 0 Å². The molecule has 1 aliphatic heterocycles. The van der Waals surface area contributed by atoms with Crippen LogP contribution in [0.2, 0.25) is 5.15 Å². The topological polar surface area (TPSA) is 104 Å². The first-order chi connectivity index (χ1) is 16.3. The molecule has 2 fully saturated rings. The van der Waals surface area contributed by atoms with Gasteiger partial charge in [0.2, 0.25) is 5.91 Å². The van der Waals surface area contributed by atoms with Crippen LogP contribution in [0.3, 0.4) is 0 Å². The lowest BCUT2D eigenvalue weighted by molar-refractivity contribution is -0.118. The van der Waals surface area contributed by atoms with E-state index < -0.39 is 23.7 Å². The molecule has 1 aliphatic carbocycles. The maximum atomic E-state index is 13.1. The lowest BCUT2D eigenvalue weighted by atomic mass is 9.82. The highest BCUT2D eigenvalue weighted by Gasteiger charge is 2.58. The van der Waals surface area contributed by atoms with E-state index >= 15 is 0 Å². The molecule has 1 saturated heterocycles. The van der Waals surface area contributed by atoms with E-state index in [9.17, 15) is 15.0 Å². The third-order valence-corrected chi connectivity index (χ3v) is 8.45. The zero-order valence-electron chi connectivity index (χ0n) is 18.2. The molecule has 3 aromatic heterocycles. The van der Waals surface area contributed by atoms with Crippen LogP contribution in [0.15, 0.2) is 47.3 Å². The van der Waals surface area contributed by atoms with Crippen LogP contribution in [0.4, 0.5) is 5.69 Å². The smallest absolute Gasteiger partial charge is 0.227 e. The van der Waals surface area contributed by atoms with E-state index in [1.807, 2.05) is 48.0 Å². The molecule has 10 heteroatoms. The van der Waals surface area contributed by atoms with Gasteiger partial charge in [-0.2, -0.15) is 0 Å². The highest BCUT2D eigenvalue weighted by molar-refractivity contribution is 9.10. The number of carbonyl (C=O) groups is 1. The molecule has 4 atom stereocenters. The number of carbonyl (C=O) groups excluding carboxylic acids is 1. The van der Waals surface area contributed by atoms with E-state index in [1.165, 1.54) is 6.33 Å². The molecule has 1 saturated carbocycles. The standard InChI is InChI=1S/C24H21BrClN5O3/c1-12-15-4-5-30(23(15)28-11-27-12)18-8-24(21(34)20(18)33)9-19(32)31(10-24)14-3-2-13-6-16(25)22(26)29-17(13)7-14/h2-7,11,18,20-21,33-34H,8-10H2,1H3. The van der Waals surface area contributed by atoms with Gasteiger partial charge in [0.1, 0.15) is 23.2 Å². The molecule has 34 heavy (non-hydrogen) atoms. The second kappa shape index (κ2) is 7.71. The van der Waals surface area contributed by atoms with Crippen molar-refractivity contribution >= 4 is 61.1 Å². The van der Waals surface area contributed by atoms with Crippen molar-refractivity contribution in [2.45, 2.75) is 38.0 Å². The minimum atomic E-state index is -1.05. The van der Waals surface area contributed by atoms with Gasteiger partial charge in [0, 0.05) is 41.0 Å². The summed E-state index contributed by atoms with van der Waals surface area (Å²) in [5, 5.41) is 24.4. The number of aliphatic hydroxyl groups excluding tert-OH is 2. The van der Waals surface area contributed by atoms with E-state index in [0.29, 0.717) is 39.4 Å². The first kappa shape index (κ1) is 21.9. The summed E-state index contributed by atoms with van der Waals surface area (Å²) in [5.74, 6) is -0.0926. The van der Waals surface area contributed by atoms with E-state index in [-0.39, 0.29) is 12.3 Å². The molecule has 0 bridgehead atoms. The van der Waals surface area contributed by atoms with Crippen molar-refractivity contribution in [3.05, 3.63) is 58.2 Å². The highest BCUT2D eigenvalue weighted by Crippen LogP contribution is 2.52. The van der Waals surface area contributed by atoms with Crippen molar-refractivity contribution in [1.82, 2.24) is 19.5 Å². The van der Waals surface area contributed by atoms with E-state index in [0.717, 1.165) is 16.5 Å². The second-order valence-corrected chi connectivity index (χ2v) is 10.5. The van der Waals surface area contributed by atoms with Gasteiger partial charge in [0.15, 0.2) is 0 Å². The fraction of sp³-hybridized carbons (Fsp3) is 0.333. The van der Waals surface area contributed by atoms with Crippen LogP contribution in [-0.4, -0.2) is 54.4 Å². The predicted octanol–water partition coefficient (Wildman–Crippen LogP) is 3.79. The first-order valence-electron chi connectivity index (χ1n) is 11.0. The van der Waals surface area contributed by atoms with Gasteiger partial charge >= 0.3 is 0 Å². The van der Waals surface area contributed by atoms with Crippen LogP contribution in [0.1, 0.15) is 24.6 Å². The average Bonchev–Trinajstić information content (AvgIpc) is 3.45. The number of aliphatic hydroxyl groups is 2. The third kappa shape index (κ3) is 3.18. The Morgan fingerprint density at radius 1 is 1.21 bits per heavy atom. The van der Waals surface area contributed by atoms with Crippen molar-refractivity contribution in [2.24, 2.45) is 5.41 Å². The lowest BCUT2D eigenvalue weighted by Gasteiger charge is -2.27. The van der Waals surface area contributed by atoms with Crippen molar-refractivity contribution < 1.29 is 15.0 Å². The highest BCUT2D eigenvalue weighted by atomic mass is 79.9. The zero-order chi connectivity index (χ0) is 23.8. The Kier molecular flexibility index (Phi) is 4.97. The first-order valence-corrected chi connectivity index (χ1v) is 12.1. The van der Waals surface area contributed by atoms with Crippen LogP contribution in [-0.2, 0) is 4.79 Å². The van der Waals surface area contributed by atoms with E-state index in [4.69, 9.17) is 11.6 Å². The summed E-state index contributed by atoms with van der Waals surface area (Å²) in [5.41, 5.74) is 2.18. The normalized spacial score (nSPS) is 27.0. The predicted molar refractivity (Wildman–Crippen MR) is 132 cm³/mol. The molecular formula is C24H21BrClN5O3. The minimum absolute atomic E-state index is 0.0926. The fourth-order valence-corrected chi connectivity index (χ4v) is 6.04. The molecule has 6 rings (SSSR count). The number of pyridine rings is 1. The quantitative estimate of drug-likeness (QED) is 0.374. The number of halogens is 2. The van der Waals surface area contributed by atoms with Gasteiger partial charge < -0.3 is 19.7 Å². The Hall–Kier alpha value is -2.59. The fourth-order valence-electron chi connectivity index (χ4n) is 5.56. The Morgan fingerprint density at radius 3 is 2.85 bits per heavy atom. The Bertz CT molecular complexity index is 1480. The van der Waals surface area contributed by atoms with Crippen LogP contribution >= 0.6 is 27.5 Å². The summed E-state index contributed by atoms with van der Waals surface area (Å²) in [7, 11) is 0. The van der Waals surface area contributed by atoms with Crippen molar-refractivity contribution in [3.8, 4) is 0 Å². The van der Waals surface area contributed by atoms with Crippen LogP contribution in [0.5, 0.6) is 0 Å². The number of hydrogen-bond acceptors (Lipinski definition) is 6. The zero-order valence-corrected chi connectivity index (χ0v) is 20.5. The Morgan fingerprint density at radius 2 is 2.03 bits per heavy atom. The van der Waals surface area contributed by atoms with E-state index in [2.05, 4.69) is 30.9 Å². The maximum Gasteiger partial charge on any atom is 0.227 e. The SMILES string of the molecule is Cc1ncnc2c1ccn2C1CC2(CC(=O)N(c3ccc4cc(Br)c(Cl)nc4c3)C2)C(O)C1O. The molecule has 1 aromatic carbocycles. The summed E-state index contributed by atoms with van der Waals surface area (Å²) in [6.07, 6.45) is 1.92. The molecule has 2 N–H and O–H groups in total. The largest absolute Gasteiger partial charge is 0.390 e. The molecule has 1 spiro atoms. The summed E-state index contributed by atoms with van der Waals surface area (Å²) in [6, 6.07) is 9.01. The molecule has 4 aromatic rings. The second-order valence-electron chi connectivity index (χ2n) is 9.28. The Balaban J connectivity index is 1.34. The number of anilines is 1. The number of amides is 1. The summed E-state index contributed by atoms with van der Waals surface area (Å²) >= 11 is 9.55. The summed E-state index contributed by atoms with van der Waals surface area (Å²) in [6.45, 7) is 2.22. The molecule has 0 radical (unpaired) electrons. The van der Waals surface area contributed by atoms with Gasteiger partial charge in [-0.1, -0.05) is 17.7 Å². The van der Waals surface area contributed by atoms with Gasteiger partial charge in [0.05, 0.1) is 27.8 Å². The number of rotatable bonds is 2. The summed E-state index contributed by atoms with van der Waals surface area (Å²) < 4.78 is 2.61. The molecule has 1 amide bonds. The van der Waals surface area contributed by atoms with Crippen LogP contribution in [0.25, 0.3) is 21.9 Å². The molecule has 4 heterocycles. The van der Waals surface area contributed by atoms with Crippen molar-refractivity contribution in [3.63, 3.8) is 0 Å². The maximum absolute atomic E-state index is 13.1. The number of hydrogen-bond donors (Lipinski definition) is 2. The number of aryl methyl sites for hydroxylation is 1. The third-order valence-electron chi connectivity index (χ3n) is 7.33. The van der Waals surface area contributed by atoms with Crippen LogP contribution in [0, 0.1) is 12.3 Å². The van der Waals surface area contributed by atoms with Gasteiger partial charge in [0.25, 0.3) is 0 Å². The molecule has 4 unspecified atom stereocenters. The van der Waals surface area contributed by atoms with Crippen LogP contribution < -0.4 is 4.90 Å². The lowest BCUT2D eigenvalue weighted by Crippen LogP contribution is -2.38. The molecule has 2 aliphatic rings. The molecular weight excluding hydrogens is 522 g/mol. The van der Waals surface area contributed by atoms with Gasteiger partial charge in [-0.3, -0.25) is 4.79 Å². The number of aromatic nitrogens is 4. The van der Waals surface area contributed by atoms with Gasteiger partial charge in [-0.25, -0.2) is 15.0 Å². The average molecular weight is 543 g/mol. The molecule has 174 valence electrons. The number of benzene rings is 1.